The largest absolute Gasteiger partial charge is 0.497 e. The van der Waals surface area contributed by atoms with Crippen LogP contribution in [0.3, 0.4) is 0 Å². The van der Waals surface area contributed by atoms with Crippen molar-refractivity contribution in [3.05, 3.63) is 24.3 Å². The van der Waals surface area contributed by atoms with Gasteiger partial charge in [0.1, 0.15) is 18.1 Å². The predicted octanol–water partition coefficient (Wildman–Crippen LogP) is 0.800. The summed E-state index contributed by atoms with van der Waals surface area (Å²) in [5.41, 5.74) is 0. The molecule has 1 rings (SSSR count). The van der Waals surface area contributed by atoms with Gasteiger partial charge < -0.3 is 20.1 Å². The van der Waals surface area contributed by atoms with Gasteiger partial charge in [0.05, 0.1) is 7.11 Å². The van der Waals surface area contributed by atoms with Gasteiger partial charge in [-0.15, -0.1) is 0 Å². The first kappa shape index (κ1) is 14.3. The lowest BCUT2D eigenvalue weighted by molar-refractivity contribution is -0.120. The predicted molar refractivity (Wildman–Crippen MR) is 70.0 cm³/mol. The summed E-state index contributed by atoms with van der Waals surface area (Å²) in [6.07, 6.45) is 0.485. The lowest BCUT2D eigenvalue weighted by Crippen LogP contribution is -2.27. The molecule has 0 spiro atoms. The van der Waals surface area contributed by atoms with E-state index in [2.05, 4.69) is 10.6 Å². The summed E-state index contributed by atoms with van der Waals surface area (Å²) < 4.78 is 10.6. The monoisotopic (exact) mass is 252 g/mol. The van der Waals surface area contributed by atoms with Crippen LogP contribution in [0, 0.1) is 0 Å². The van der Waals surface area contributed by atoms with Crippen LogP contribution >= 0.6 is 0 Å². The van der Waals surface area contributed by atoms with Gasteiger partial charge in [0.25, 0.3) is 0 Å². The van der Waals surface area contributed by atoms with Crippen LogP contribution < -0.4 is 20.1 Å². The zero-order chi connectivity index (χ0) is 13.2. The van der Waals surface area contributed by atoms with Gasteiger partial charge in [0, 0.05) is 26.6 Å². The van der Waals surface area contributed by atoms with Gasteiger partial charge in [0.15, 0.2) is 0 Å². The number of methoxy groups -OCH3 is 1. The molecule has 0 aliphatic heterocycles. The Morgan fingerprint density at radius 1 is 1.17 bits per heavy atom. The van der Waals surface area contributed by atoms with Crippen molar-refractivity contribution in [2.75, 3.05) is 33.9 Å². The van der Waals surface area contributed by atoms with Crippen molar-refractivity contribution in [1.29, 1.82) is 0 Å². The van der Waals surface area contributed by atoms with Crippen LogP contribution in [0.5, 0.6) is 11.5 Å². The first-order valence-corrected chi connectivity index (χ1v) is 5.94. The van der Waals surface area contributed by atoms with Crippen LogP contribution in [0.1, 0.15) is 6.42 Å². The summed E-state index contributed by atoms with van der Waals surface area (Å²) in [6, 6.07) is 7.44. The fourth-order valence-electron chi connectivity index (χ4n) is 1.36. The summed E-state index contributed by atoms with van der Waals surface area (Å²) >= 11 is 0. The first-order valence-electron chi connectivity index (χ1n) is 5.94. The van der Waals surface area contributed by atoms with Crippen LogP contribution in [0.4, 0.5) is 0 Å². The van der Waals surface area contributed by atoms with Crippen LogP contribution in [-0.4, -0.2) is 39.8 Å². The summed E-state index contributed by atoms with van der Waals surface area (Å²) in [6.45, 7) is 1.94. The highest BCUT2D eigenvalue weighted by molar-refractivity contribution is 5.75. The third-order valence-electron chi connectivity index (χ3n) is 2.41. The Bertz CT molecular complexity index is 352. The minimum Gasteiger partial charge on any atom is -0.497 e. The molecule has 0 bridgehead atoms. The van der Waals surface area contributed by atoms with E-state index >= 15 is 0 Å². The number of carbonyl (C=O) groups excluding carboxylic acids is 1. The molecule has 2 N–H and O–H groups in total. The van der Waals surface area contributed by atoms with Gasteiger partial charge in [-0.1, -0.05) is 0 Å². The van der Waals surface area contributed by atoms with Gasteiger partial charge in [-0.05, 0) is 24.3 Å². The Labute approximate surface area is 107 Å². The summed E-state index contributed by atoms with van der Waals surface area (Å²) in [4.78, 5) is 10.9. The first-order chi connectivity index (χ1) is 8.76. The molecule has 0 radical (unpaired) electrons. The summed E-state index contributed by atoms with van der Waals surface area (Å²) in [5, 5.41) is 5.70. The molecule has 0 aliphatic rings. The van der Waals surface area contributed by atoms with E-state index in [9.17, 15) is 4.79 Å². The Hall–Kier alpha value is -1.75. The molecule has 0 aromatic heterocycles. The zero-order valence-electron chi connectivity index (χ0n) is 10.9. The zero-order valence-corrected chi connectivity index (χ0v) is 10.9. The average Bonchev–Trinajstić information content (AvgIpc) is 2.43. The standard InChI is InChI=1S/C13H20N2O3/c1-14-13(16)7-8-15-9-10-18-12-5-3-11(17-2)4-6-12/h3-6,15H,7-10H2,1-2H3,(H,14,16). The highest BCUT2D eigenvalue weighted by Crippen LogP contribution is 2.16. The van der Waals surface area contributed by atoms with Crippen LogP contribution in [0.15, 0.2) is 24.3 Å². The van der Waals surface area contributed by atoms with E-state index in [0.717, 1.165) is 11.5 Å². The van der Waals surface area contributed by atoms with E-state index in [1.165, 1.54) is 0 Å². The number of hydrogen-bond donors (Lipinski definition) is 2. The molecule has 5 nitrogen and oxygen atoms in total. The third-order valence-corrected chi connectivity index (χ3v) is 2.41. The molecular weight excluding hydrogens is 232 g/mol. The molecule has 1 aromatic carbocycles. The quantitative estimate of drug-likeness (QED) is 0.672. The molecule has 0 aliphatic carbocycles. The molecule has 0 atom stereocenters. The molecule has 0 heterocycles. The molecule has 5 heteroatoms. The fraction of sp³-hybridized carbons (Fsp3) is 0.462. The third kappa shape index (κ3) is 5.54. The maximum atomic E-state index is 10.9. The van der Waals surface area contributed by atoms with Crippen molar-refractivity contribution in [2.45, 2.75) is 6.42 Å². The van der Waals surface area contributed by atoms with Gasteiger partial charge in [-0.2, -0.15) is 0 Å². The minimum atomic E-state index is 0.0403. The molecule has 1 amide bonds. The topological polar surface area (TPSA) is 59.6 Å². The van der Waals surface area contributed by atoms with E-state index < -0.39 is 0 Å². The number of ether oxygens (including phenoxy) is 2. The smallest absolute Gasteiger partial charge is 0.221 e. The summed E-state index contributed by atoms with van der Waals surface area (Å²) in [7, 11) is 3.27. The Morgan fingerprint density at radius 3 is 2.44 bits per heavy atom. The highest BCUT2D eigenvalue weighted by atomic mass is 16.5. The minimum absolute atomic E-state index is 0.0403. The van der Waals surface area contributed by atoms with E-state index in [1.54, 1.807) is 14.2 Å². The van der Waals surface area contributed by atoms with Gasteiger partial charge in [0.2, 0.25) is 5.91 Å². The van der Waals surface area contributed by atoms with Gasteiger partial charge in [-0.25, -0.2) is 0 Å². The second-order valence-electron chi connectivity index (χ2n) is 3.70. The Morgan fingerprint density at radius 2 is 1.83 bits per heavy atom. The molecule has 0 unspecified atom stereocenters. The van der Waals surface area contributed by atoms with Gasteiger partial charge in [-0.3, -0.25) is 4.79 Å². The van der Waals surface area contributed by atoms with E-state index in [4.69, 9.17) is 9.47 Å². The van der Waals surface area contributed by atoms with Crippen LogP contribution in [-0.2, 0) is 4.79 Å². The molecule has 100 valence electrons. The molecule has 0 saturated heterocycles. The van der Waals surface area contributed by atoms with Crippen LogP contribution in [0.25, 0.3) is 0 Å². The highest BCUT2D eigenvalue weighted by Gasteiger charge is 1.97. The summed E-state index contributed by atoms with van der Waals surface area (Å²) in [5.74, 6) is 1.66. The molecule has 0 saturated carbocycles. The van der Waals surface area contributed by atoms with Crippen molar-refractivity contribution in [2.24, 2.45) is 0 Å². The Balaban J connectivity index is 2.08. The van der Waals surface area contributed by atoms with Crippen molar-refractivity contribution in [3.63, 3.8) is 0 Å². The number of amides is 1. The van der Waals surface area contributed by atoms with E-state index in [-0.39, 0.29) is 5.91 Å². The second-order valence-corrected chi connectivity index (χ2v) is 3.70. The SMILES string of the molecule is CNC(=O)CCNCCOc1ccc(OC)cc1. The molecule has 0 fully saturated rings. The number of rotatable bonds is 8. The van der Waals surface area contributed by atoms with E-state index in [1.807, 2.05) is 24.3 Å². The van der Waals surface area contributed by atoms with E-state index in [0.29, 0.717) is 26.1 Å². The number of hydrogen-bond acceptors (Lipinski definition) is 4. The molecular formula is C13H20N2O3. The number of nitrogens with one attached hydrogen (secondary N) is 2. The lowest BCUT2D eigenvalue weighted by atomic mass is 10.3. The molecule has 18 heavy (non-hydrogen) atoms. The molecule has 1 aromatic rings. The van der Waals surface area contributed by atoms with Crippen molar-refractivity contribution in [3.8, 4) is 11.5 Å². The normalized spacial score (nSPS) is 9.89. The fourth-order valence-corrected chi connectivity index (χ4v) is 1.36. The van der Waals surface area contributed by atoms with Crippen LogP contribution in [0.2, 0.25) is 0 Å². The number of carbonyl (C=O) groups is 1. The number of benzene rings is 1. The average molecular weight is 252 g/mol. The second kappa shape index (κ2) is 8.36. The maximum absolute atomic E-state index is 10.9. The van der Waals surface area contributed by atoms with Crippen molar-refractivity contribution >= 4 is 5.91 Å². The lowest BCUT2D eigenvalue weighted by Gasteiger charge is -2.08. The van der Waals surface area contributed by atoms with Crippen molar-refractivity contribution < 1.29 is 14.3 Å². The van der Waals surface area contributed by atoms with Gasteiger partial charge >= 0.3 is 0 Å². The maximum Gasteiger partial charge on any atom is 0.221 e. The van der Waals surface area contributed by atoms with Crippen molar-refractivity contribution in [1.82, 2.24) is 10.6 Å². The Kier molecular flexibility index (Phi) is 6.64.